The largest absolute Gasteiger partial charge is 0.497 e. The van der Waals surface area contributed by atoms with Gasteiger partial charge in [-0.2, -0.15) is 0 Å². The minimum absolute atomic E-state index is 0.000606. The lowest BCUT2D eigenvalue weighted by Crippen LogP contribution is -2.28. The Labute approximate surface area is 186 Å². The van der Waals surface area contributed by atoms with Crippen molar-refractivity contribution in [1.29, 1.82) is 0 Å². The van der Waals surface area contributed by atoms with E-state index in [1.807, 2.05) is 43.5 Å². The lowest BCUT2D eigenvalue weighted by Gasteiger charge is -2.15. The molecule has 3 rings (SSSR count). The van der Waals surface area contributed by atoms with Crippen LogP contribution in [0.5, 0.6) is 5.75 Å². The third kappa shape index (κ3) is 5.52. The van der Waals surface area contributed by atoms with Gasteiger partial charge in [0.25, 0.3) is 5.91 Å². The monoisotopic (exact) mass is 438 g/mol. The first-order valence-electron chi connectivity index (χ1n) is 10.0. The Hall–Kier alpha value is -3.13. The number of methoxy groups -OCH3 is 1. The van der Waals surface area contributed by atoms with Crippen LogP contribution in [0.1, 0.15) is 52.0 Å². The summed E-state index contributed by atoms with van der Waals surface area (Å²) in [4.78, 5) is 25.1. The van der Waals surface area contributed by atoms with E-state index in [1.165, 1.54) is 11.8 Å². The number of carbonyl (C=O) groups excluding carboxylic acids is 2. The van der Waals surface area contributed by atoms with Crippen LogP contribution in [0, 0.1) is 6.92 Å². The molecule has 1 atom stereocenters. The normalized spacial score (nSPS) is 11.7. The summed E-state index contributed by atoms with van der Waals surface area (Å²) < 4.78 is 7.05. The molecular weight excluding hydrogens is 412 g/mol. The lowest BCUT2D eigenvalue weighted by molar-refractivity contribution is 0.0936. The van der Waals surface area contributed by atoms with E-state index in [0.717, 1.165) is 5.56 Å². The summed E-state index contributed by atoms with van der Waals surface area (Å²) in [5.74, 6) is 1.45. The van der Waals surface area contributed by atoms with E-state index in [2.05, 4.69) is 15.5 Å². The summed E-state index contributed by atoms with van der Waals surface area (Å²) in [6, 6.07) is 14.1. The second-order valence-corrected chi connectivity index (χ2v) is 8.03. The highest BCUT2D eigenvalue weighted by atomic mass is 32.2. The molecular formula is C23H26N4O3S. The summed E-state index contributed by atoms with van der Waals surface area (Å²) in [6.07, 6.45) is 0. The van der Waals surface area contributed by atoms with E-state index in [4.69, 9.17) is 4.74 Å². The van der Waals surface area contributed by atoms with Gasteiger partial charge in [0.1, 0.15) is 5.75 Å². The van der Waals surface area contributed by atoms with Gasteiger partial charge in [-0.15, -0.1) is 10.2 Å². The van der Waals surface area contributed by atoms with Gasteiger partial charge in [0.2, 0.25) is 0 Å². The molecule has 7 nitrogen and oxygen atoms in total. The highest BCUT2D eigenvalue weighted by molar-refractivity contribution is 7.99. The zero-order valence-corrected chi connectivity index (χ0v) is 18.9. The number of thioether (sulfide) groups is 1. The molecule has 0 radical (unpaired) electrons. The molecule has 0 spiro atoms. The molecule has 0 bridgehead atoms. The Morgan fingerprint density at radius 2 is 1.87 bits per heavy atom. The molecule has 0 aliphatic heterocycles. The standard InChI is InChI=1S/C23H26N4O3S/c1-5-27-21(16(3)24-22(29)18-8-6-7-15(2)13-18)25-26-23(27)31-14-20(28)17-9-11-19(30-4)12-10-17/h6-13,16H,5,14H2,1-4H3,(H,24,29)/t16-/m1/s1. The van der Waals surface area contributed by atoms with Crippen LogP contribution in [0.15, 0.2) is 53.7 Å². The van der Waals surface area contributed by atoms with Gasteiger partial charge in [-0.05, 0) is 57.2 Å². The first-order chi connectivity index (χ1) is 14.9. The molecule has 8 heteroatoms. The fourth-order valence-corrected chi connectivity index (χ4v) is 4.05. The molecule has 0 saturated carbocycles. The highest BCUT2D eigenvalue weighted by Gasteiger charge is 2.20. The van der Waals surface area contributed by atoms with E-state index >= 15 is 0 Å². The van der Waals surface area contributed by atoms with Crippen LogP contribution in [0.2, 0.25) is 0 Å². The third-order valence-electron chi connectivity index (χ3n) is 4.82. The zero-order chi connectivity index (χ0) is 22.4. The van der Waals surface area contributed by atoms with Gasteiger partial charge in [-0.25, -0.2) is 0 Å². The van der Waals surface area contributed by atoms with Crippen molar-refractivity contribution in [2.75, 3.05) is 12.9 Å². The zero-order valence-electron chi connectivity index (χ0n) is 18.1. The van der Waals surface area contributed by atoms with Gasteiger partial charge in [-0.3, -0.25) is 9.59 Å². The molecule has 0 fully saturated rings. The first-order valence-corrected chi connectivity index (χ1v) is 11.0. The second-order valence-electron chi connectivity index (χ2n) is 7.09. The van der Waals surface area contributed by atoms with Crippen LogP contribution >= 0.6 is 11.8 Å². The SMILES string of the molecule is CCn1c(SCC(=O)c2ccc(OC)cc2)nnc1[C@@H](C)NC(=O)c1cccc(C)c1. The number of nitrogens with one attached hydrogen (secondary N) is 1. The Kier molecular flexibility index (Phi) is 7.46. The number of hydrogen-bond acceptors (Lipinski definition) is 6. The van der Waals surface area contributed by atoms with Crippen LogP contribution in [0.25, 0.3) is 0 Å². The second kappa shape index (κ2) is 10.3. The summed E-state index contributed by atoms with van der Waals surface area (Å²) in [7, 11) is 1.59. The Morgan fingerprint density at radius 1 is 1.13 bits per heavy atom. The summed E-state index contributed by atoms with van der Waals surface area (Å²) in [5, 5.41) is 12.1. The number of rotatable bonds is 9. The number of benzene rings is 2. The minimum atomic E-state index is -0.327. The fourth-order valence-electron chi connectivity index (χ4n) is 3.15. The molecule has 1 N–H and O–H groups in total. The Bertz CT molecular complexity index is 1060. The number of Topliss-reactive ketones (excluding diaryl/α,β-unsaturated/α-hetero) is 1. The quantitative estimate of drug-likeness (QED) is 0.400. The van der Waals surface area contributed by atoms with Crippen LogP contribution < -0.4 is 10.1 Å². The number of nitrogens with zero attached hydrogens (tertiary/aromatic N) is 3. The smallest absolute Gasteiger partial charge is 0.251 e. The maximum Gasteiger partial charge on any atom is 0.251 e. The molecule has 0 unspecified atom stereocenters. The molecule has 2 aromatic carbocycles. The molecule has 1 heterocycles. The average molecular weight is 439 g/mol. The van der Waals surface area contributed by atoms with Crippen molar-refractivity contribution < 1.29 is 14.3 Å². The molecule has 31 heavy (non-hydrogen) atoms. The topological polar surface area (TPSA) is 86.1 Å². The van der Waals surface area contributed by atoms with Gasteiger partial charge in [0, 0.05) is 17.7 Å². The number of hydrogen-bond donors (Lipinski definition) is 1. The minimum Gasteiger partial charge on any atom is -0.497 e. The summed E-state index contributed by atoms with van der Waals surface area (Å²) in [5.41, 5.74) is 2.25. The van der Waals surface area contributed by atoms with Crippen LogP contribution in [0.3, 0.4) is 0 Å². The number of ether oxygens (including phenoxy) is 1. The van der Waals surface area contributed by atoms with Crippen LogP contribution in [0.4, 0.5) is 0 Å². The van der Waals surface area contributed by atoms with Crippen molar-refractivity contribution in [2.45, 2.75) is 38.5 Å². The Morgan fingerprint density at radius 3 is 2.52 bits per heavy atom. The van der Waals surface area contributed by atoms with Crippen molar-refractivity contribution in [2.24, 2.45) is 0 Å². The average Bonchev–Trinajstić information content (AvgIpc) is 3.20. The van der Waals surface area contributed by atoms with E-state index in [-0.39, 0.29) is 23.5 Å². The van der Waals surface area contributed by atoms with Gasteiger partial charge in [0.15, 0.2) is 16.8 Å². The number of amides is 1. The molecule has 1 amide bonds. The van der Waals surface area contributed by atoms with E-state index < -0.39 is 0 Å². The van der Waals surface area contributed by atoms with Gasteiger partial charge >= 0.3 is 0 Å². The molecule has 3 aromatic rings. The predicted octanol–water partition coefficient (Wildman–Crippen LogP) is 4.08. The lowest BCUT2D eigenvalue weighted by atomic mass is 10.1. The molecule has 0 saturated heterocycles. The third-order valence-corrected chi connectivity index (χ3v) is 5.79. The number of aryl methyl sites for hydroxylation is 1. The maximum atomic E-state index is 12.6. The number of carbonyl (C=O) groups is 2. The van der Waals surface area contributed by atoms with Crippen molar-refractivity contribution in [1.82, 2.24) is 20.1 Å². The van der Waals surface area contributed by atoms with Crippen molar-refractivity contribution in [3.05, 3.63) is 71.0 Å². The molecule has 1 aromatic heterocycles. The van der Waals surface area contributed by atoms with Crippen molar-refractivity contribution >= 4 is 23.5 Å². The predicted molar refractivity (Wildman–Crippen MR) is 121 cm³/mol. The highest BCUT2D eigenvalue weighted by Crippen LogP contribution is 2.22. The van der Waals surface area contributed by atoms with E-state index in [9.17, 15) is 9.59 Å². The Balaban J connectivity index is 1.66. The summed E-state index contributed by atoms with van der Waals surface area (Å²) in [6.45, 7) is 6.44. The van der Waals surface area contributed by atoms with Crippen molar-refractivity contribution in [3.63, 3.8) is 0 Å². The van der Waals surface area contributed by atoms with Gasteiger partial charge in [-0.1, -0.05) is 29.5 Å². The van der Waals surface area contributed by atoms with Gasteiger partial charge < -0.3 is 14.6 Å². The number of ketones is 1. The van der Waals surface area contributed by atoms with Crippen LogP contribution in [-0.2, 0) is 6.54 Å². The number of aromatic nitrogens is 3. The molecule has 0 aliphatic carbocycles. The maximum absolute atomic E-state index is 12.6. The van der Waals surface area contributed by atoms with Crippen LogP contribution in [-0.4, -0.2) is 39.3 Å². The van der Waals surface area contributed by atoms with Crippen molar-refractivity contribution in [3.8, 4) is 5.75 Å². The molecule has 0 aliphatic rings. The summed E-state index contributed by atoms with van der Waals surface area (Å²) >= 11 is 1.34. The van der Waals surface area contributed by atoms with E-state index in [1.54, 1.807) is 37.4 Å². The first kappa shape index (κ1) is 22.6. The van der Waals surface area contributed by atoms with Gasteiger partial charge in [0.05, 0.1) is 18.9 Å². The van der Waals surface area contributed by atoms with E-state index in [0.29, 0.717) is 34.4 Å². The molecule has 162 valence electrons. The fraction of sp³-hybridized carbons (Fsp3) is 0.304.